The minimum atomic E-state index is -0.0759. The van der Waals surface area contributed by atoms with Crippen molar-refractivity contribution in [3.05, 3.63) is 59.5 Å². The molecule has 6 heteroatoms. The molecule has 6 nitrogen and oxygen atoms in total. The van der Waals surface area contributed by atoms with Gasteiger partial charge in [0.2, 0.25) is 11.8 Å². The van der Waals surface area contributed by atoms with Gasteiger partial charge in [-0.3, -0.25) is 9.59 Å². The van der Waals surface area contributed by atoms with Crippen LogP contribution in [0.25, 0.3) is 0 Å². The summed E-state index contributed by atoms with van der Waals surface area (Å²) in [5.74, 6) is 1.51. The predicted octanol–water partition coefficient (Wildman–Crippen LogP) is 5.59. The number of furan rings is 1. The third kappa shape index (κ3) is 9.34. The fourth-order valence-corrected chi connectivity index (χ4v) is 4.04. The van der Waals surface area contributed by atoms with Crippen molar-refractivity contribution in [1.82, 2.24) is 9.80 Å². The molecule has 1 aromatic carbocycles. The summed E-state index contributed by atoms with van der Waals surface area (Å²) in [6, 6.07) is 13.7. The minimum Gasteiger partial charge on any atom is -0.464 e. The largest absolute Gasteiger partial charge is 0.464 e. The van der Waals surface area contributed by atoms with E-state index in [1.165, 1.54) is 0 Å². The number of carbonyl (C=O) groups is 2. The van der Waals surface area contributed by atoms with E-state index in [0.717, 1.165) is 42.8 Å². The molecule has 1 atom stereocenters. The van der Waals surface area contributed by atoms with E-state index in [0.29, 0.717) is 39.3 Å². The Morgan fingerprint density at radius 2 is 1.74 bits per heavy atom. The smallest absolute Gasteiger partial charge is 0.242 e. The Morgan fingerprint density at radius 3 is 2.35 bits per heavy atom. The molecule has 0 spiro atoms. The summed E-state index contributed by atoms with van der Waals surface area (Å²) in [4.78, 5) is 30.5. The molecule has 0 unspecified atom stereocenters. The normalized spacial score (nSPS) is 11.9. The van der Waals surface area contributed by atoms with Crippen LogP contribution in [0.2, 0.25) is 0 Å². The van der Waals surface area contributed by atoms with Gasteiger partial charge in [0.05, 0.1) is 13.1 Å². The number of benzene rings is 1. The van der Waals surface area contributed by atoms with Crippen molar-refractivity contribution in [3.8, 4) is 0 Å². The highest BCUT2D eigenvalue weighted by Crippen LogP contribution is 2.18. The Bertz CT molecular complexity index is 849. The van der Waals surface area contributed by atoms with Gasteiger partial charge >= 0.3 is 0 Å². The molecule has 1 aromatic heterocycles. The summed E-state index contributed by atoms with van der Waals surface area (Å²) < 4.78 is 11.2. The molecule has 0 bridgehead atoms. The van der Waals surface area contributed by atoms with E-state index in [1.54, 1.807) is 9.80 Å². The van der Waals surface area contributed by atoms with Crippen LogP contribution in [0.1, 0.15) is 70.0 Å². The van der Waals surface area contributed by atoms with Crippen LogP contribution in [0.15, 0.2) is 46.9 Å². The predicted molar refractivity (Wildman–Crippen MR) is 135 cm³/mol. The topological polar surface area (TPSA) is 63.0 Å². The van der Waals surface area contributed by atoms with Gasteiger partial charge in [0.25, 0.3) is 0 Å². The summed E-state index contributed by atoms with van der Waals surface area (Å²) in [5.41, 5.74) is 1.04. The number of amides is 2. The molecule has 0 fully saturated rings. The number of ether oxygens (including phenoxy) is 1. The molecule has 34 heavy (non-hydrogen) atoms. The Kier molecular flexibility index (Phi) is 12.5. The first-order valence-electron chi connectivity index (χ1n) is 12.7. The second-order valence-corrected chi connectivity index (χ2v) is 8.81. The molecule has 0 aliphatic rings. The fraction of sp³-hybridized carbons (Fsp3) is 0.571. The number of aryl methyl sites for hydroxylation is 1. The molecule has 1 heterocycles. The Morgan fingerprint density at radius 1 is 0.971 bits per heavy atom. The number of hydrogen-bond donors (Lipinski definition) is 0. The van der Waals surface area contributed by atoms with Crippen LogP contribution in [0, 0.1) is 12.8 Å². The second-order valence-electron chi connectivity index (χ2n) is 8.81. The van der Waals surface area contributed by atoms with Crippen molar-refractivity contribution >= 4 is 11.8 Å². The average Bonchev–Trinajstić information content (AvgIpc) is 3.26. The molecule has 0 N–H and O–H groups in total. The maximum absolute atomic E-state index is 13.5. The fourth-order valence-electron chi connectivity index (χ4n) is 4.04. The number of carbonyl (C=O) groups excluding carboxylic acids is 2. The molecule has 0 saturated heterocycles. The lowest BCUT2D eigenvalue weighted by atomic mass is 9.97. The standard InChI is InChI=1S/C28H42N2O4/c1-5-8-15-25(6-2)28(32)29(18-12-19-33-7-3)22-27(31)30(20-24-13-10-9-11-14-24)21-26-17-16-23(4)34-26/h9-11,13-14,16-17,25H,5-8,12,15,18-22H2,1-4H3/t25-/m1/s1. The van der Waals surface area contributed by atoms with Gasteiger partial charge in [-0.15, -0.1) is 0 Å². The number of rotatable bonds is 16. The van der Waals surface area contributed by atoms with Gasteiger partial charge in [0, 0.05) is 32.2 Å². The van der Waals surface area contributed by atoms with Crippen molar-refractivity contribution in [2.45, 2.75) is 72.9 Å². The molecular weight excluding hydrogens is 428 g/mol. The van der Waals surface area contributed by atoms with Crippen LogP contribution in [-0.4, -0.2) is 47.9 Å². The van der Waals surface area contributed by atoms with Crippen LogP contribution in [0.3, 0.4) is 0 Å². The van der Waals surface area contributed by atoms with Crippen molar-refractivity contribution < 1.29 is 18.7 Å². The van der Waals surface area contributed by atoms with Crippen LogP contribution in [0.5, 0.6) is 0 Å². The molecule has 0 radical (unpaired) electrons. The summed E-state index contributed by atoms with van der Waals surface area (Å²) >= 11 is 0. The maximum Gasteiger partial charge on any atom is 0.242 e. The van der Waals surface area contributed by atoms with Gasteiger partial charge in [-0.05, 0) is 50.8 Å². The zero-order valence-electron chi connectivity index (χ0n) is 21.4. The third-order valence-electron chi connectivity index (χ3n) is 6.02. The lowest BCUT2D eigenvalue weighted by Gasteiger charge is -2.30. The van der Waals surface area contributed by atoms with E-state index in [9.17, 15) is 9.59 Å². The quantitative estimate of drug-likeness (QED) is 0.300. The van der Waals surface area contributed by atoms with E-state index in [-0.39, 0.29) is 24.3 Å². The molecule has 0 saturated carbocycles. The number of hydrogen-bond acceptors (Lipinski definition) is 4. The summed E-state index contributed by atoms with van der Waals surface area (Å²) in [7, 11) is 0. The van der Waals surface area contributed by atoms with Gasteiger partial charge in [0.15, 0.2) is 0 Å². The minimum absolute atomic E-state index is 0.0462. The van der Waals surface area contributed by atoms with Crippen molar-refractivity contribution in [2.24, 2.45) is 5.92 Å². The highest BCUT2D eigenvalue weighted by molar-refractivity contribution is 5.86. The highest BCUT2D eigenvalue weighted by Gasteiger charge is 2.26. The van der Waals surface area contributed by atoms with E-state index < -0.39 is 0 Å². The number of nitrogens with zero attached hydrogens (tertiary/aromatic N) is 2. The maximum atomic E-state index is 13.5. The lowest BCUT2D eigenvalue weighted by Crippen LogP contribution is -2.45. The molecular formula is C28H42N2O4. The van der Waals surface area contributed by atoms with Crippen molar-refractivity contribution in [3.63, 3.8) is 0 Å². The first kappa shape index (κ1) is 27.6. The van der Waals surface area contributed by atoms with Gasteiger partial charge in [-0.1, -0.05) is 57.0 Å². The van der Waals surface area contributed by atoms with Crippen molar-refractivity contribution in [2.75, 3.05) is 26.3 Å². The second kappa shape index (κ2) is 15.3. The highest BCUT2D eigenvalue weighted by atomic mass is 16.5. The first-order chi connectivity index (χ1) is 16.5. The van der Waals surface area contributed by atoms with Crippen molar-refractivity contribution in [1.29, 1.82) is 0 Å². The molecule has 2 rings (SSSR count). The Balaban J connectivity index is 2.18. The zero-order valence-corrected chi connectivity index (χ0v) is 21.4. The molecule has 2 amide bonds. The van der Waals surface area contributed by atoms with Crippen LogP contribution >= 0.6 is 0 Å². The van der Waals surface area contributed by atoms with Gasteiger partial charge in [-0.25, -0.2) is 0 Å². The van der Waals surface area contributed by atoms with Gasteiger partial charge < -0.3 is 19.0 Å². The lowest BCUT2D eigenvalue weighted by molar-refractivity contribution is -0.144. The molecule has 0 aliphatic heterocycles. The van der Waals surface area contributed by atoms with Crippen LogP contribution in [-0.2, 0) is 27.4 Å². The average molecular weight is 471 g/mol. The van der Waals surface area contributed by atoms with Gasteiger partial charge in [-0.2, -0.15) is 0 Å². The first-order valence-corrected chi connectivity index (χ1v) is 12.7. The molecule has 2 aromatic rings. The summed E-state index contributed by atoms with van der Waals surface area (Å²) in [5, 5.41) is 0. The van der Waals surface area contributed by atoms with Gasteiger partial charge in [0.1, 0.15) is 11.5 Å². The van der Waals surface area contributed by atoms with E-state index in [1.807, 2.05) is 56.3 Å². The van der Waals surface area contributed by atoms with Crippen LogP contribution in [0.4, 0.5) is 0 Å². The number of unbranched alkanes of at least 4 members (excludes halogenated alkanes) is 1. The Hall–Kier alpha value is -2.60. The molecule has 0 aliphatic carbocycles. The van der Waals surface area contributed by atoms with E-state index >= 15 is 0 Å². The third-order valence-corrected chi connectivity index (χ3v) is 6.02. The van der Waals surface area contributed by atoms with Crippen LogP contribution < -0.4 is 0 Å². The summed E-state index contributed by atoms with van der Waals surface area (Å²) in [6.07, 6.45) is 4.44. The molecule has 188 valence electrons. The Labute approximate surface area is 205 Å². The van der Waals surface area contributed by atoms with E-state index in [2.05, 4.69) is 13.8 Å². The summed E-state index contributed by atoms with van der Waals surface area (Å²) in [6.45, 7) is 10.7. The SMILES string of the molecule is CCCC[C@@H](CC)C(=O)N(CCCOCC)CC(=O)N(Cc1ccccc1)Cc1ccc(C)o1. The zero-order chi connectivity index (χ0) is 24.8. The monoisotopic (exact) mass is 470 g/mol. The van der Waals surface area contributed by atoms with E-state index in [4.69, 9.17) is 9.15 Å².